The van der Waals surface area contributed by atoms with Crippen molar-refractivity contribution in [2.75, 3.05) is 11.9 Å². The highest BCUT2D eigenvalue weighted by molar-refractivity contribution is 6.33. The number of halogens is 1. The van der Waals surface area contributed by atoms with Crippen LogP contribution in [0.1, 0.15) is 31.7 Å². The first-order valence-corrected chi connectivity index (χ1v) is 11.2. The highest BCUT2D eigenvalue weighted by atomic mass is 35.5. The van der Waals surface area contributed by atoms with Crippen LogP contribution in [-0.2, 0) is 4.79 Å². The number of ether oxygens (including phenoxy) is 1. The lowest BCUT2D eigenvalue weighted by atomic mass is 9.99. The predicted octanol–water partition coefficient (Wildman–Crippen LogP) is 6.64. The van der Waals surface area contributed by atoms with E-state index in [0.717, 1.165) is 11.8 Å². The van der Waals surface area contributed by atoms with Crippen molar-refractivity contribution in [3.8, 4) is 16.9 Å². The van der Waals surface area contributed by atoms with E-state index in [1.165, 1.54) is 5.56 Å². The van der Waals surface area contributed by atoms with Crippen molar-refractivity contribution in [2.45, 2.75) is 26.2 Å². The summed E-state index contributed by atoms with van der Waals surface area (Å²) in [6.45, 7) is 4.19. The fraction of sp³-hybridized carbons (Fsp3) is 0.185. The van der Waals surface area contributed by atoms with Gasteiger partial charge in [-0.1, -0.05) is 61.8 Å². The Morgan fingerprint density at radius 1 is 1.03 bits per heavy atom. The van der Waals surface area contributed by atoms with Gasteiger partial charge >= 0.3 is 5.63 Å². The van der Waals surface area contributed by atoms with Crippen molar-refractivity contribution in [2.24, 2.45) is 0 Å². The Kier molecular flexibility index (Phi) is 6.80. The average Bonchev–Trinajstić information content (AvgIpc) is 2.82. The zero-order valence-corrected chi connectivity index (χ0v) is 19.2. The first kappa shape index (κ1) is 22.6. The molecule has 0 aliphatic carbocycles. The minimum absolute atomic E-state index is 0.129. The summed E-state index contributed by atoms with van der Waals surface area (Å²) in [5.74, 6) is 0.805. The van der Waals surface area contributed by atoms with Crippen LogP contribution in [0.4, 0.5) is 5.69 Å². The highest BCUT2D eigenvalue weighted by Gasteiger charge is 2.13. The van der Waals surface area contributed by atoms with Gasteiger partial charge in [-0.2, -0.15) is 0 Å². The summed E-state index contributed by atoms with van der Waals surface area (Å²) in [6, 6.07) is 21.8. The fourth-order valence-corrected chi connectivity index (χ4v) is 3.82. The van der Waals surface area contributed by atoms with E-state index >= 15 is 0 Å². The van der Waals surface area contributed by atoms with E-state index in [9.17, 15) is 9.59 Å². The smallest absolute Gasteiger partial charge is 0.344 e. The number of benzene rings is 3. The number of hydrogen-bond donors (Lipinski definition) is 1. The van der Waals surface area contributed by atoms with E-state index in [4.69, 9.17) is 20.8 Å². The summed E-state index contributed by atoms with van der Waals surface area (Å²) in [5, 5.41) is 3.90. The molecule has 0 aliphatic heterocycles. The van der Waals surface area contributed by atoms with Gasteiger partial charge in [-0.25, -0.2) is 4.79 Å². The Hall–Kier alpha value is -3.57. The van der Waals surface area contributed by atoms with Crippen LogP contribution in [0.3, 0.4) is 0 Å². The molecule has 4 rings (SSSR count). The summed E-state index contributed by atoms with van der Waals surface area (Å²) in [5.41, 5.74) is 2.69. The predicted molar refractivity (Wildman–Crippen MR) is 132 cm³/mol. The van der Waals surface area contributed by atoms with Crippen LogP contribution in [0.25, 0.3) is 22.1 Å². The molecule has 1 aromatic heterocycles. The molecule has 168 valence electrons. The van der Waals surface area contributed by atoms with Gasteiger partial charge in [-0.15, -0.1) is 0 Å². The van der Waals surface area contributed by atoms with Gasteiger partial charge in [0.2, 0.25) is 0 Å². The van der Waals surface area contributed by atoms with Gasteiger partial charge in [0.05, 0.1) is 10.6 Å². The first-order valence-electron chi connectivity index (χ1n) is 10.8. The molecule has 0 aliphatic rings. The third kappa shape index (κ3) is 5.26. The summed E-state index contributed by atoms with van der Waals surface area (Å²) < 4.78 is 11.0. The van der Waals surface area contributed by atoms with Crippen LogP contribution in [0.5, 0.6) is 5.75 Å². The van der Waals surface area contributed by atoms with Gasteiger partial charge in [-0.3, -0.25) is 4.79 Å². The van der Waals surface area contributed by atoms with Crippen molar-refractivity contribution < 1.29 is 13.9 Å². The van der Waals surface area contributed by atoms with Crippen molar-refractivity contribution in [3.63, 3.8) is 0 Å². The van der Waals surface area contributed by atoms with Crippen LogP contribution in [0.2, 0.25) is 5.02 Å². The molecule has 0 fully saturated rings. The topological polar surface area (TPSA) is 68.5 Å². The number of fused-ring (bicyclic) bond motifs is 1. The average molecular weight is 462 g/mol. The van der Waals surface area contributed by atoms with Crippen molar-refractivity contribution in [3.05, 3.63) is 93.8 Å². The monoisotopic (exact) mass is 461 g/mol. The molecule has 1 heterocycles. The Bertz CT molecular complexity index is 1340. The van der Waals surface area contributed by atoms with Crippen LogP contribution >= 0.6 is 11.6 Å². The maximum atomic E-state index is 12.4. The molecule has 1 N–H and O–H groups in total. The number of amides is 1. The number of carbonyl (C=O) groups is 1. The highest BCUT2D eigenvalue weighted by Crippen LogP contribution is 2.30. The van der Waals surface area contributed by atoms with Crippen LogP contribution in [0.15, 0.2) is 82.0 Å². The SMILES string of the molecule is CCC(C)c1ccc(OCC(=O)Nc2ccc(-c3cc4ccccc4oc3=O)c(Cl)c2)cc1. The second-order valence-corrected chi connectivity index (χ2v) is 8.30. The number of hydrogen-bond acceptors (Lipinski definition) is 4. The van der Waals surface area contributed by atoms with Gasteiger partial charge in [-0.05, 0) is 54.3 Å². The molecule has 33 heavy (non-hydrogen) atoms. The Morgan fingerprint density at radius 3 is 2.52 bits per heavy atom. The van der Waals surface area contributed by atoms with Crippen molar-refractivity contribution in [1.29, 1.82) is 0 Å². The molecule has 6 heteroatoms. The Morgan fingerprint density at radius 2 is 1.79 bits per heavy atom. The van der Waals surface area contributed by atoms with E-state index in [0.29, 0.717) is 39.1 Å². The van der Waals surface area contributed by atoms with Crippen LogP contribution in [0, 0.1) is 0 Å². The van der Waals surface area contributed by atoms with E-state index in [1.54, 1.807) is 36.4 Å². The summed E-state index contributed by atoms with van der Waals surface area (Å²) in [6.07, 6.45) is 1.07. The molecule has 4 aromatic rings. The molecular formula is C27H24ClNO4. The minimum atomic E-state index is -0.472. The lowest BCUT2D eigenvalue weighted by Gasteiger charge is -2.11. The van der Waals surface area contributed by atoms with E-state index in [-0.39, 0.29) is 12.5 Å². The third-order valence-electron chi connectivity index (χ3n) is 5.62. The zero-order chi connectivity index (χ0) is 23.4. The van der Waals surface area contributed by atoms with Crippen molar-refractivity contribution in [1.82, 2.24) is 0 Å². The molecule has 0 saturated heterocycles. The summed E-state index contributed by atoms with van der Waals surface area (Å²) >= 11 is 6.43. The normalized spacial score (nSPS) is 11.8. The second kappa shape index (κ2) is 9.92. The second-order valence-electron chi connectivity index (χ2n) is 7.90. The van der Waals surface area contributed by atoms with Gasteiger partial charge in [0.25, 0.3) is 5.91 Å². The summed E-state index contributed by atoms with van der Waals surface area (Å²) in [4.78, 5) is 24.8. The van der Waals surface area contributed by atoms with Gasteiger partial charge < -0.3 is 14.5 Å². The standard InChI is InChI=1S/C27H24ClNO4/c1-3-17(2)18-8-11-21(12-9-18)32-16-26(30)29-20-10-13-22(24(28)15-20)23-14-19-6-4-5-7-25(19)33-27(23)31/h4-15,17H,3,16H2,1-2H3,(H,29,30). The molecule has 0 bridgehead atoms. The molecule has 5 nitrogen and oxygen atoms in total. The number of anilines is 1. The molecule has 0 spiro atoms. The molecule has 0 radical (unpaired) electrons. The lowest BCUT2D eigenvalue weighted by Crippen LogP contribution is -2.20. The fourth-order valence-electron chi connectivity index (χ4n) is 3.54. The van der Waals surface area contributed by atoms with E-state index in [2.05, 4.69) is 19.2 Å². The van der Waals surface area contributed by atoms with Gasteiger partial charge in [0.1, 0.15) is 11.3 Å². The molecule has 1 unspecified atom stereocenters. The maximum Gasteiger partial charge on any atom is 0.344 e. The third-order valence-corrected chi connectivity index (χ3v) is 5.93. The number of nitrogens with one attached hydrogen (secondary N) is 1. The number of rotatable bonds is 7. The quantitative estimate of drug-likeness (QED) is 0.313. The first-order chi connectivity index (χ1) is 15.9. The molecule has 3 aromatic carbocycles. The largest absolute Gasteiger partial charge is 0.484 e. The van der Waals surface area contributed by atoms with Crippen molar-refractivity contribution >= 4 is 34.2 Å². The molecule has 0 saturated carbocycles. The molecular weight excluding hydrogens is 438 g/mol. The van der Waals surface area contributed by atoms with E-state index in [1.807, 2.05) is 36.4 Å². The van der Waals surface area contributed by atoms with E-state index < -0.39 is 5.63 Å². The Labute approximate surface area is 197 Å². The summed E-state index contributed by atoms with van der Waals surface area (Å²) in [7, 11) is 0. The van der Waals surface area contributed by atoms with Crippen LogP contribution in [-0.4, -0.2) is 12.5 Å². The Balaban J connectivity index is 1.43. The maximum absolute atomic E-state index is 12.4. The zero-order valence-electron chi connectivity index (χ0n) is 18.4. The van der Waals surface area contributed by atoms with Gasteiger partial charge in [0.15, 0.2) is 6.61 Å². The number of carbonyl (C=O) groups excluding carboxylic acids is 1. The molecule has 1 amide bonds. The number of para-hydroxylation sites is 1. The van der Waals surface area contributed by atoms with Crippen LogP contribution < -0.4 is 15.7 Å². The minimum Gasteiger partial charge on any atom is -0.484 e. The lowest BCUT2D eigenvalue weighted by molar-refractivity contribution is -0.118. The molecule has 1 atom stereocenters. The van der Waals surface area contributed by atoms with Gasteiger partial charge in [0, 0.05) is 16.6 Å².